The lowest BCUT2D eigenvalue weighted by atomic mass is 10.1. The SMILES string of the molecule is Fc1ccc(C[C@@H]2CN(Cc3ccncc3)CCO2)cc1. The number of morpholine rings is 1. The Labute approximate surface area is 124 Å². The third-order valence-corrected chi connectivity index (χ3v) is 3.76. The van der Waals surface area contributed by atoms with Gasteiger partial charge in [0.15, 0.2) is 0 Å². The van der Waals surface area contributed by atoms with Crippen molar-refractivity contribution in [2.24, 2.45) is 0 Å². The normalized spacial score (nSPS) is 19.6. The van der Waals surface area contributed by atoms with Crippen LogP contribution in [-0.2, 0) is 17.7 Å². The van der Waals surface area contributed by atoms with E-state index in [0.717, 1.165) is 38.2 Å². The fraction of sp³-hybridized carbons (Fsp3) is 0.353. The number of hydrogen-bond acceptors (Lipinski definition) is 3. The zero-order chi connectivity index (χ0) is 14.5. The number of hydrogen-bond donors (Lipinski definition) is 0. The molecule has 4 heteroatoms. The monoisotopic (exact) mass is 286 g/mol. The summed E-state index contributed by atoms with van der Waals surface area (Å²) >= 11 is 0. The van der Waals surface area contributed by atoms with Crippen LogP contribution in [0.5, 0.6) is 0 Å². The molecule has 1 aliphatic rings. The predicted molar refractivity (Wildman–Crippen MR) is 79.4 cm³/mol. The average molecular weight is 286 g/mol. The van der Waals surface area contributed by atoms with Gasteiger partial charge in [0.2, 0.25) is 0 Å². The molecule has 1 aromatic carbocycles. The highest BCUT2D eigenvalue weighted by Gasteiger charge is 2.20. The lowest BCUT2D eigenvalue weighted by Crippen LogP contribution is -2.42. The lowest BCUT2D eigenvalue weighted by molar-refractivity contribution is -0.0305. The molecule has 0 spiro atoms. The molecule has 110 valence electrons. The van der Waals surface area contributed by atoms with Crippen LogP contribution in [0, 0.1) is 5.82 Å². The van der Waals surface area contributed by atoms with Crippen LogP contribution in [-0.4, -0.2) is 35.7 Å². The van der Waals surface area contributed by atoms with E-state index in [0.29, 0.717) is 0 Å². The summed E-state index contributed by atoms with van der Waals surface area (Å²) in [5.41, 5.74) is 2.39. The Hall–Kier alpha value is -1.78. The van der Waals surface area contributed by atoms with Crippen molar-refractivity contribution in [3.63, 3.8) is 0 Å². The third-order valence-electron chi connectivity index (χ3n) is 3.76. The molecule has 0 bridgehead atoms. The Balaban J connectivity index is 1.57. The molecule has 2 aromatic rings. The van der Waals surface area contributed by atoms with E-state index in [9.17, 15) is 4.39 Å². The largest absolute Gasteiger partial charge is 0.375 e. The van der Waals surface area contributed by atoms with Gasteiger partial charge in [-0.3, -0.25) is 9.88 Å². The van der Waals surface area contributed by atoms with Crippen LogP contribution in [0.1, 0.15) is 11.1 Å². The molecule has 0 saturated carbocycles. The van der Waals surface area contributed by atoms with E-state index in [4.69, 9.17) is 4.74 Å². The highest BCUT2D eigenvalue weighted by atomic mass is 19.1. The van der Waals surface area contributed by atoms with Crippen molar-refractivity contribution < 1.29 is 9.13 Å². The molecule has 0 radical (unpaired) electrons. The number of halogens is 1. The molecule has 1 fully saturated rings. The quantitative estimate of drug-likeness (QED) is 0.864. The minimum Gasteiger partial charge on any atom is -0.375 e. The standard InChI is InChI=1S/C17H19FN2O/c18-16-3-1-14(2-4-16)11-17-13-20(9-10-21-17)12-15-5-7-19-8-6-15/h1-8,17H,9-13H2/t17-/m1/s1. The second-order valence-corrected chi connectivity index (χ2v) is 5.41. The topological polar surface area (TPSA) is 25.4 Å². The van der Waals surface area contributed by atoms with Crippen molar-refractivity contribution in [2.45, 2.75) is 19.1 Å². The van der Waals surface area contributed by atoms with Gasteiger partial charge >= 0.3 is 0 Å². The summed E-state index contributed by atoms with van der Waals surface area (Å²) in [6.07, 6.45) is 4.65. The van der Waals surface area contributed by atoms with Gasteiger partial charge in [-0.2, -0.15) is 0 Å². The molecule has 0 amide bonds. The molecule has 1 aliphatic heterocycles. The Morgan fingerprint density at radius 3 is 2.62 bits per heavy atom. The molecular formula is C17H19FN2O. The predicted octanol–water partition coefficient (Wildman–Crippen LogP) is 2.66. The smallest absolute Gasteiger partial charge is 0.123 e. The minimum atomic E-state index is -0.192. The van der Waals surface area contributed by atoms with Crippen LogP contribution in [0.15, 0.2) is 48.8 Å². The van der Waals surface area contributed by atoms with Gasteiger partial charge < -0.3 is 4.74 Å². The molecule has 21 heavy (non-hydrogen) atoms. The van der Waals surface area contributed by atoms with Gasteiger partial charge in [-0.05, 0) is 41.8 Å². The molecule has 1 aromatic heterocycles. The fourth-order valence-corrected chi connectivity index (χ4v) is 2.68. The molecular weight excluding hydrogens is 267 g/mol. The van der Waals surface area contributed by atoms with E-state index < -0.39 is 0 Å². The van der Waals surface area contributed by atoms with Gasteiger partial charge in [0.25, 0.3) is 0 Å². The Morgan fingerprint density at radius 1 is 1.10 bits per heavy atom. The van der Waals surface area contributed by atoms with Gasteiger partial charge in [-0.1, -0.05) is 12.1 Å². The maximum absolute atomic E-state index is 12.9. The van der Waals surface area contributed by atoms with Crippen molar-refractivity contribution in [1.82, 2.24) is 9.88 Å². The summed E-state index contributed by atoms with van der Waals surface area (Å²) in [5.74, 6) is -0.192. The summed E-state index contributed by atoms with van der Waals surface area (Å²) in [7, 11) is 0. The number of pyridine rings is 1. The van der Waals surface area contributed by atoms with Gasteiger partial charge in [0, 0.05) is 32.0 Å². The number of rotatable bonds is 4. The van der Waals surface area contributed by atoms with E-state index in [1.54, 1.807) is 0 Å². The number of nitrogens with zero attached hydrogens (tertiary/aromatic N) is 2. The van der Waals surface area contributed by atoms with E-state index in [2.05, 4.69) is 9.88 Å². The third kappa shape index (κ3) is 4.09. The Morgan fingerprint density at radius 2 is 1.86 bits per heavy atom. The summed E-state index contributed by atoms with van der Waals surface area (Å²) in [6, 6.07) is 10.8. The van der Waals surface area contributed by atoms with Crippen LogP contribution < -0.4 is 0 Å². The average Bonchev–Trinajstić information content (AvgIpc) is 2.51. The van der Waals surface area contributed by atoms with Crippen molar-refractivity contribution >= 4 is 0 Å². The highest BCUT2D eigenvalue weighted by Crippen LogP contribution is 2.14. The van der Waals surface area contributed by atoms with Gasteiger partial charge in [-0.15, -0.1) is 0 Å². The van der Waals surface area contributed by atoms with Gasteiger partial charge in [0.05, 0.1) is 12.7 Å². The van der Waals surface area contributed by atoms with E-state index in [1.807, 2.05) is 36.7 Å². The number of benzene rings is 1. The van der Waals surface area contributed by atoms with Gasteiger partial charge in [-0.25, -0.2) is 4.39 Å². The van der Waals surface area contributed by atoms with E-state index >= 15 is 0 Å². The molecule has 1 saturated heterocycles. The maximum atomic E-state index is 12.9. The zero-order valence-corrected chi connectivity index (χ0v) is 11.9. The van der Waals surface area contributed by atoms with Crippen molar-refractivity contribution in [1.29, 1.82) is 0 Å². The Bertz CT molecular complexity index is 559. The van der Waals surface area contributed by atoms with Crippen molar-refractivity contribution in [2.75, 3.05) is 19.7 Å². The number of ether oxygens (including phenoxy) is 1. The molecule has 0 unspecified atom stereocenters. The van der Waals surface area contributed by atoms with Gasteiger partial charge in [0.1, 0.15) is 5.82 Å². The molecule has 1 atom stereocenters. The first kappa shape index (κ1) is 14.2. The maximum Gasteiger partial charge on any atom is 0.123 e. The first-order chi connectivity index (χ1) is 10.3. The lowest BCUT2D eigenvalue weighted by Gasteiger charge is -2.33. The molecule has 0 aliphatic carbocycles. The highest BCUT2D eigenvalue weighted by molar-refractivity contribution is 5.17. The van der Waals surface area contributed by atoms with Crippen molar-refractivity contribution in [3.05, 3.63) is 65.7 Å². The van der Waals surface area contributed by atoms with E-state index in [1.165, 1.54) is 17.7 Å². The second kappa shape index (κ2) is 6.78. The van der Waals surface area contributed by atoms with Crippen LogP contribution in [0.2, 0.25) is 0 Å². The second-order valence-electron chi connectivity index (χ2n) is 5.41. The zero-order valence-electron chi connectivity index (χ0n) is 11.9. The van der Waals surface area contributed by atoms with Crippen LogP contribution >= 0.6 is 0 Å². The van der Waals surface area contributed by atoms with Crippen LogP contribution in [0.4, 0.5) is 4.39 Å². The van der Waals surface area contributed by atoms with Crippen molar-refractivity contribution in [3.8, 4) is 0 Å². The van der Waals surface area contributed by atoms with Crippen LogP contribution in [0.3, 0.4) is 0 Å². The summed E-state index contributed by atoms with van der Waals surface area (Å²) < 4.78 is 18.8. The summed E-state index contributed by atoms with van der Waals surface area (Å²) in [5, 5.41) is 0. The Kier molecular flexibility index (Phi) is 4.58. The summed E-state index contributed by atoms with van der Waals surface area (Å²) in [6.45, 7) is 3.52. The first-order valence-electron chi connectivity index (χ1n) is 7.27. The first-order valence-corrected chi connectivity index (χ1v) is 7.27. The summed E-state index contributed by atoms with van der Waals surface area (Å²) in [4.78, 5) is 6.44. The van der Waals surface area contributed by atoms with Crippen LogP contribution in [0.25, 0.3) is 0 Å². The molecule has 0 N–H and O–H groups in total. The fourth-order valence-electron chi connectivity index (χ4n) is 2.68. The molecule has 3 rings (SSSR count). The van der Waals surface area contributed by atoms with E-state index in [-0.39, 0.29) is 11.9 Å². The molecule has 2 heterocycles. The number of aromatic nitrogens is 1. The molecule has 3 nitrogen and oxygen atoms in total. The minimum absolute atomic E-state index is 0.172.